The van der Waals surface area contributed by atoms with Crippen molar-refractivity contribution >= 4 is 5.91 Å². The third kappa shape index (κ3) is 5.38. The van der Waals surface area contributed by atoms with Crippen molar-refractivity contribution in [3.05, 3.63) is 65.5 Å². The standard InChI is InChI=1S/C18H20FNO3/c19-16-7-3-1-5-14(16)9-10-18(22)20-13-15-6-2-4-8-17(15)23-12-11-21/h1-8,21H,9-13H2,(H,20,22). The SMILES string of the molecule is O=C(CCc1ccccc1F)NCc1ccccc1OCCO. The van der Waals surface area contributed by atoms with Crippen LogP contribution in [0.25, 0.3) is 0 Å². The van der Waals surface area contributed by atoms with E-state index in [0.717, 1.165) is 5.56 Å². The first kappa shape index (κ1) is 17.0. The molecule has 0 saturated carbocycles. The lowest BCUT2D eigenvalue weighted by molar-refractivity contribution is -0.121. The van der Waals surface area contributed by atoms with E-state index in [9.17, 15) is 9.18 Å². The minimum Gasteiger partial charge on any atom is -0.491 e. The van der Waals surface area contributed by atoms with Crippen LogP contribution in [0.5, 0.6) is 5.75 Å². The van der Waals surface area contributed by atoms with Crippen LogP contribution >= 0.6 is 0 Å². The van der Waals surface area contributed by atoms with Gasteiger partial charge in [-0.05, 0) is 24.1 Å². The van der Waals surface area contributed by atoms with Crippen molar-refractivity contribution in [1.29, 1.82) is 0 Å². The van der Waals surface area contributed by atoms with Gasteiger partial charge in [-0.1, -0.05) is 36.4 Å². The van der Waals surface area contributed by atoms with Gasteiger partial charge in [-0.25, -0.2) is 4.39 Å². The number of aryl methyl sites for hydroxylation is 1. The Morgan fingerprint density at radius 2 is 1.78 bits per heavy atom. The zero-order valence-corrected chi connectivity index (χ0v) is 12.8. The Bertz CT molecular complexity index is 646. The highest BCUT2D eigenvalue weighted by atomic mass is 19.1. The summed E-state index contributed by atoms with van der Waals surface area (Å²) in [5.74, 6) is 0.198. The summed E-state index contributed by atoms with van der Waals surface area (Å²) in [7, 11) is 0. The molecule has 0 bridgehead atoms. The summed E-state index contributed by atoms with van der Waals surface area (Å²) < 4.78 is 18.9. The summed E-state index contributed by atoms with van der Waals surface area (Å²) >= 11 is 0. The maximum absolute atomic E-state index is 13.5. The Morgan fingerprint density at radius 1 is 1.09 bits per heavy atom. The molecule has 0 atom stereocenters. The molecule has 0 heterocycles. The van der Waals surface area contributed by atoms with E-state index < -0.39 is 0 Å². The Balaban J connectivity index is 1.84. The van der Waals surface area contributed by atoms with Gasteiger partial charge in [0.2, 0.25) is 5.91 Å². The summed E-state index contributed by atoms with van der Waals surface area (Å²) in [6, 6.07) is 13.8. The molecule has 0 aliphatic carbocycles. The molecular formula is C18H20FNO3. The van der Waals surface area contributed by atoms with Gasteiger partial charge in [-0.2, -0.15) is 0 Å². The van der Waals surface area contributed by atoms with E-state index in [4.69, 9.17) is 9.84 Å². The van der Waals surface area contributed by atoms with E-state index in [1.165, 1.54) is 6.07 Å². The number of carbonyl (C=O) groups is 1. The molecule has 122 valence electrons. The van der Waals surface area contributed by atoms with Crippen molar-refractivity contribution in [2.75, 3.05) is 13.2 Å². The number of amides is 1. The molecule has 1 amide bonds. The molecule has 23 heavy (non-hydrogen) atoms. The molecule has 0 spiro atoms. The largest absolute Gasteiger partial charge is 0.491 e. The molecule has 2 aromatic rings. The second-order valence-electron chi connectivity index (χ2n) is 5.05. The fraction of sp³-hybridized carbons (Fsp3) is 0.278. The van der Waals surface area contributed by atoms with Crippen LogP contribution in [0.3, 0.4) is 0 Å². The highest BCUT2D eigenvalue weighted by molar-refractivity contribution is 5.76. The van der Waals surface area contributed by atoms with Crippen LogP contribution in [-0.2, 0) is 17.8 Å². The lowest BCUT2D eigenvalue weighted by atomic mass is 10.1. The maximum atomic E-state index is 13.5. The number of hydrogen-bond donors (Lipinski definition) is 2. The maximum Gasteiger partial charge on any atom is 0.220 e. The average Bonchev–Trinajstić information content (AvgIpc) is 2.58. The number of ether oxygens (including phenoxy) is 1. The lowest BCUT2D eigenvalue weighted by Crippen LogP contribution is -2.23. The van der Waals surface area contributed by atoms with E-state index in [1.807, 2.05) is 18.2 Å². The zero-order valence-electron chi connectivity index (χ0n) is 12.8. The van der Waals surface area contributed by atoms with Crippen LogP contribution in [0.2, 0.25) is 0 Å². The summed E-state index contributed by atoms with van der Waals surface area (Å²) in [4.78, 5) is 11.9. The molecule has 2 aromatic carbocycles. The van der Waals surface area contributed by atoms with Crippen molar-refractivity contribution in [3.8, 4) is 5.75 Å². The van der Waals surface area contributed by atoms with Gasteiger partial charge in [0.25, 0.3) is 0 Å². The summed E-state index contributed by atoms with van der Waals surface area (Å²) in [5.41, 5.74) is 1.37. The van der Waals surface area contributed by atoms with Crippen molar-refractivity contribution in [1.82, 2.24) is 5.32 Å². The fourth-order valence-corrected chi connectivity index (χ4v) is 2.18. The normalized spacial score (nSPS) is 10.3. The van der Waals surface area contributed by atoms with Crippen molar-refractivity contribution in [2.24, 2.45) is 0 Å². The van der Waals surface area contributed by atoms with Crippen LogP contribution in [0.15, 0.2) is 48.5 Å². The average molecular weight is 317 g/mol. The Morgan fingerprint density at radius 3 is 2.52 bits per heavy atom. The van der Waals surface area contributed by atoms with Gasteiger partial charge in [0.05, 0.1) is 6.61 Å². The third-order valence-electron chi connectivity index (χ3n) is 3.38. The van der Waals surface area contributed by atoms with E-state index >= 15 is 0 Å². The number of hydrogen-bond acceptors (Lipinski definition) is 3. The third-order valence-corrected chi connectivity index (χ3v) is 3.38. The Hall–Kier alpha value is -2.40. The highest BCUT2D eigenvalue weighted by Crippen LogP contribution is 2.17. The molecule has 0 radical (unpaired) electrons. The quantitative estimate of drug-likeness (QED) is 0.786. The molecule has 0 unspecified atom stereocenters. The van der Waals surface area contributed by atoms with Gasteiger partial charge in [-0.15, -0.1) is 0 Å². The lowest BCUT2D eigenvalue weighted by Gasteiger charge is -2.11. The van der Waals surface area contributed by atoms with Gasteiger partial charge in [0, 0.05) is 18.5 Å². The highest BCUT2D eigenvalue weighted by Gasteiger charge is 2.08. The first-order chi connectivity index (χ1) is 11.2. The number of nitrogens with one attached hydrogen (secondary N) is 1. The number of rotatable bonds is 8. The fourth-order valence-electron chi connectivity index (χ4n) is 2.18. The van der Waals surface area contributed by atoms with E-state index in [1.54, 1.807) is 24.3 Å². The number of para-hydroxylation sites is 1. The van der Waals surface area contributed by atoms with Crippen molar-refractivity contribution in [3.63, 3.8) is 0 Å². The molecule has 0 aromatic heterocycles. The van der Waals surface area contributed by atoms with Gasteiger partial charge in [-0.3, -0.25) is 4.79 Å². The number of carbonyl (C=O) groups excluding carboxylic acids is 1. The molecule has 2 rings (SSSR count). The first-order valence-corrected chi connectivity index (χ1v) is 7.52. The van der Waals surface area contributed by atoms with Crippen LogP contribution in [0, 0.1) is 5.82 Å². The molecule has 4 nitrogen and oxygen atoms in total. The van der Waals surface area contributed by atoms with Crippen molar-refractivity contribution in [2.45, 2.75) is 19.4 Å². The molecule has 2 N–H and O–H groups in total. The van der Waals surface area contributed by atoms with Gasteiger partial charge in [0.15, 0.2) is 0 Å². The number of aliphatic hydroxyl groups is 1. The summed E-state index contributed by atoms with van der Waals surface area (Å²) in [6.45, 7) is 0.472. The molecule has 0 saturated heterocycles. The number of aliphatic hydroxyl groups excluding tert-OH is 1. The van der Waals surface area contributed by atoms with Crippen LogP contribution in [-0.4, -0.2) is 24.2 Å². The minimum absolute atomic E-state index is 0.0661. The number of halogens is 1. The first-order valence-electron chi connectivity index (χ1n) is 7.52. The molecule has 5 heteroatoms. The van der Waals surface area contributed by atoms with E-state index in [0.29, 0.717) is 24.3 Å². The van der Waals surface area contributed by atoms with Crippen LogP contribution in [0.1, 0.15) is 17.5 Å². The summed E-state index contributed by atoms with van der Waals surface area (Å²) in [5, 5.41) is 11.6. The minimum atomic E-state index is -0.289. The topological polar surface area (TPSA) is 58.6 Å². The second-order valence-corrected chi connectivity index (χ2v) is 5.05. The Labute approximate surface area is 134 Å². The van der Waals surface area contributed by atoms with Crippen LogP contribution in [0.4, 0.5) is 4.39 Å². The van der Waals surface area contributed by atoms with Gasteiger partial charge in [0.1, 0.15) is 18.2 Å². The second kappa shape index (κ2) is 8.90. The van der Waals surface area contributed by atoms with E-state index in [2.05, 4.69) is 5.32 Å². The number of benzene rings is 2. The Kier molecular flexibility index (Phi) is 6.56. The van der Waals surface area contributed by atoms with Crippen LogP contribution < -0.4 is 10.1 Å². The van der Waals surface area contributed by atoms with E-state index in [-0.39, 0.29) is 31.4 Å². The zero-order chi connectivity index (χ0) is 16.5. The summed E-state index contributed by atoms with van der Waals surface area (Å²) in [6.07, 6.45) is 0.585. The molecular weight excluding hydrogens is 297 g/mol. The molecule has 0 fully saturated rings. The van der Waals surface area contributed by atoms with Crippen molar-refractivity contribution < 1.29 is 19.0 Å². The predicted molar refractivity (Wildman–Crippen MR) is 85.6 cm³/mol. The molecule has 0 aliphatic rings. The molecule has 0 aliphatic heterocycles. The van der Waals surface area contributed by atoms with Gasteiger partial charge < -0.3 is 15.2 Å². The monoisotopic (exact) mass is 317 g/mol. The predicted octanol–water partition coefficient (Wildman–Crippen LogP) is 2.45. The smallest absolute Gasteiger partial charge is 0.220 e. The van der Waals surface area contributed by atoms with Gasteiger partial charge >= 0.3 is 0 Å².